The predicted octanol–water partition coefficient (Wildman–Crippen LogP) is 2.19. The summed E-state index contributed by atoms with van der Waals surface area (Å²) in [6.07, 6.45) is 1.90. The van der Waals surface area contributed by atoms with Crippen molar-refractivity contribution in [1.29, 1.82) is 0 Å². The average Bonchev–Trinajstić information content (AvgIpc) is 2.77. The van der Waals surface area contributed by atoms with Crippen molar-refractivity contribution in [2.75, 3.05) is 13.1 Å². The molecule has 5 nitrogen and oxygen atoms in total. The molecule has 0 saturated heterocycles. The van der Waals surface area contributed by atoms with Gasteiger partial charge in [-0.3, -0.25) is 9.89 Å². The zero-order chi connectivity index (χ0) is 12.8. The maximum absolute atomic E-state index is 12.1. The van der Waals surface area contributed by atoms with Crippen LogP contribution in [0.15, 0.2) is 0 Å². The fourth-order valence-electron chi connectivity index (χ4n) is 1.62. The monoisotopic (exact) mass is 238 g/mol. The largest absolute Gasteiger partial charge is 0.336 e. The molecule has 0 unspecified atom stereocenters. The first-order valence-electron chi connectivity index (χ1n) is 6.31. The topological polar surface area (TPSA) is 61.9 Å². The molecule has 1 heterocycles. The number of aromatic nitrogens is 3. The number of aromatic amines is 1. The predicted molar refractivity (Wildman–Crippen MR) is 67.0 cm³/mol. The van der Waals surface area contributed by atoms with Crippen molar-refractivity contribution in [3.05, 3.63) is 11.6 Å². The van der Waals surface area contributed by atoms with Crippen LogP contribution in [0.4, 0.5) is 0 Å². The summed E-state index contributed by atoms with van der Waals surface area (Å²) in [5.74, 6) is 1.24. The fraction of sp³-hybridized carbons (Fsp3) is 0.750. The van der Waals surface area contributed by atoms with Crippen molar-refractivity contribution in [2.24, 2.45) is 0 Å². The molecule has 1 amide bonds. The molecule has 0 aliphatic carbocycles. The lowest BCUT2D eigenvalue weighted by molar-refractivity contribution is 0.0743. The number of nitrogens with zero attached hydrogens (tertiary/aromatic N) is 3. The van der Waals surface area contributed by atoms with Gasteiger partial charge in [0.25, 0.3) is 5.91 Å². The highest BCUT2D eigenvalue weighted by Crippen LogP contribution is 2.09. The van der Waals surface area contributed by atoms with Gasteiger partial charge in [0.2, 0.25) is 5.82 Å². The summed E-state index contributed by atoms with van der Waals surface area (Å²) in [4.78, 5) is 18.2. The van der Waals surface area contributed by atoms with Gasteiger partial charge in [0, 0.05) is 19.0 Å². The molecular weight excluding hydrogens is 216 g/mol. The van der Waals surface area contributed by atoms with Crippen LogP contribution in [0.5, 0.6) is 0 Å². The van der Waals surface area contributed by atoms with Gasteiger partial charge >= 0.3 is 0 Å². The third-order valence-electron chi connectivity index (χ3n) is 2.52. The molecule has 1 aromatic heterocycles. The lowest BCUT2D eigenvalue weighted by Crippen LogP contribution is -2.33. The Labute approximate surface area is 103 Å². The average molecular weight is 238 g/mol. The van der Waals surface area contributed by atoms with E-state index in [2.05, 4.69) is 29.0 Å². The minimum absolute atomic E-state index is 0.0724. The number of amides is 1. The smallest absolute Gasteiger partial charge is 0.293 e. The Morgan fingerprint density at radius 3 is 2.29 bits per heavy atom. The van der Waals surface area contributed by atoms with E-state index < -0.39 is 0 Å². The Kier molecular flexibility index (Phi) is 5.12. The minimum Gasteiger partial charge on any atom is -0.336 e. The number of hydrogen-bond donors (Lipinski definition) is 1. The molecule has 5 heteroatoms. The lowest BCUT2D eigenvalue weighted by Gasteiger charge is -2.19. The van der Waals surface area contributed by atoms with Crippen molar-refractivity contribution < 1.29 is 4.79 Å². The molecule has 0 aromatic carbocycles. The van der Waals surface area contributed by atoms with E-state index in [-0.39, 0.29) is 17.6 Å². The summed E-state index contributed by atoms with van der Waals surface area (Å²) in [5.41, 5.74) is 0. The Hall–Kier alpha value is -1.39. The maximum Gasteiger partial charge on any atom is 0.293 e. The molecular formula is C12H22N4O. The first kappa shape index (κ1) is 13.7. The van der Waals surface area contributed by atoms with Crippen LogP contribution in [0.25, 0.3) is 0 Å². The van der Waals surface area contributed by atoms with Crippen LogP contribution in [0, 0.1) is 0 Å². The van der Waals surface area contributed by atoms with Crippen molar-refractivity contribution in [2.45, 2.75) is 46.5 Å². The molecule has 0 fully saturated rings. The van der Waals surface area contributed by atoms with Crippen LogP contribution in [-0.2, 0) is 0 Å². The van der Waals surface area contributed by atoms with E-state index in [1.807, 2.05) is 18.7 Å². The normalized spacial score (nSPS) is 10.9. The third kappa shape index (κ3) is 3.54. The highest BCUT2D eigenvalue weighted by molar-refractivity contribution is 5.90. The fourth-order valence-corrected chi connectivity index (χ4v) is 1.62. The molecule has 0 bridgehead atoms. The molecule has 0 aliphatic heterocycles. The molecule has 96 valence electrons. The van der Waals surface area contributed by atoms with Gasteiger partial charge in [-0.1, -0.05) is 27.7 Å². The van der Waals surface area contributed by atoms with Crippen LogP contribution < -0.4 is 0 Å². The summed E-state index contributed by atoms with van der Waals surface area (Å²) in [7, 11) is 0. The number of nitrogens with one attached hydrogen (secondary N) is 1. The van der Waals surface area contributed by atoms with E-state index >= 15 is 0 Å². The van der Waals surface area contributed by atoms with Crippen molar-refractivity contribution in [1.82, 2.24) is 20.1 Å². The summed E-state index contributed by atoms with van der Waals surface area (Å²) in [6.45, 7) is 9.69. The molecule has 0 atom stereocenters. The van der Waals surface area contributed by atoms with Crippen LogP contribution >= 0.6 is 0 Å². The Balaban J connectivity index is 2.77. The molecule has 0 saturated carbocycles. The van der Waals surface area contributed by atoms with Crippen LogP contribution in [0.1, 0.15) is 62.9 Å². The Morgan fingerprint density at radius 2 is 1.88 bits per heavy atom. The maximum atomic E-state index is 12.1. The van der Waals surface area contributed by atoms with Gasteiger partial charge in [-0.2, -0.15) is 0 Å². The van der Waals surface area contributed by atoms with E-state index in [0.29, 0.717) is 0 Å². The highest BCUT2D eigenvalue weighted by atomic mass is 16.2. The van der Waals surface area contributed by atoms with Crippen LogP contribution in [0.2, 0.25) is 0 Å². The second kappa shape index (κ2) is 6.37. The third-order valence-corrected chi connectivity index (χ3v) is 2.52. The van der Waals surface area contributed by atoms with E-state index in [4.69, 9.17) is 0 Å². The zero-order valence-corrected chi connectivity index (χ0v) is 11.2. The number of hydrogen-bond acceptors (Lipinski definition) is 3. The lowest BCUT2D eigenvalue weighted by atomic mass is 10.2. The van der Waals surface area contributed by atoms with E-state index in [1.165, 1.54) is 0 Å². The van der Waals surface area contributed by atoms with E-state index in [1.54, 1.807) is 0 Å². The number of carbonyl (C=O) groups is 1. The first-order chi connectivity index (χ1) is 8.10. The molecule has 1 N–H and O–H groups in total. The quantitative estimate of drug-likeness (QED) is 0.826. The van der Waals surface area contributed by atoms with Crippen LogP contribution in [0.3, 0.4) is 0 Å². The van der Waals surface area contributed by atoms with Gasteiger partial charge in [0.05, 0.1) is 0 Å². The second-order valence-electron chi connectivity index (χ2n) is 4.49. The van der Waals surface area contributed by atoms with Gasteiger partial charge in [0.1, 0.15) is 5.82 Å². The zero-order valence-electron chi connectivity index (χ0n) is 11.2. The second-order valence-corrected chi connectivity index (χ2v) is 4.49. The van der Waals surface area contributed by atoms with Crippen molar-refractivity contribution in [3.8, 4) is 0 Å². The van der Waals surface area contributed by atoms with Crippen LogP contribution in [-0.4, -0.2) is 39.1 Å². The Morgan fingerprint density at radius 1 is 1.29 bits per heavy atom. The first-order valence-corrected chi connectivity index (χ1v) is 6.31. The van der Waals surface area contributed by atoms with Gasteiger partial charge in [0.15, 0.2) is 0 Å². The van der Waals surface area contributed by atoms with Crippen molar-refractivity contribution in [3.63, 3.8) is 0 Å². The number of carbonyl (C=O) groups excluding carboxylic acids is 1. The summed E-state index contributed by atoms with van der Waals surface area (Å²) >= 11 is 0. The molecule has 0 aliphatic rings. The van der Waals surface area contributed by atoms with Gasteiger partial charge < -0.3 is 4.90 Å². The summed E-state index contributed by atoms with van der Waals surface area (Å²) in [5, 5.41) is 6.81. The SMILES string of the molecule is CCCN(CCC)C(=O)c1n[nH]c(C(C)C)n1. The summed E-state index contributed by atoms with van der Waals surface area (Å²) < 4.78 is 0. The Bertz CT molecular complexity index is 353. The molecule has 1 rings (SSSR count). The molecule has 0 spiro atoms. The molecule has 17 heavy (non-hydrogen) atoms. The summed E-state index contributed by atoms with van der Waals surface area (Å²) in [6, 6.07) is 0. The molecule has 0 radical (unpaired) electrons. The van der Waals surface area contributed by atoms with Gasteiger partial charge in [-0.25, -0.2) is 4.98 Å². The molecule has 1 aromatic rings. The number of H-pyrrole nitrogens is 1. The van der Waals surface area contributed by atoms with E-state index in [9.17, 15) is 4.79 Å². The van der Waals surface area contributed by atoms with E-state index in [0.717, 1.165) is 31.8 Å². The van der Waals surface area contributed by atoms with Gasteiger partial charge in [-0.05, 0) is 12.8 Å². The number of rotatable bonds is 6. The van der Waals surface area contributed by atoms with Gasteiger partial charge in [-0.15, -0.1) is 5.10 Å². The highest BCUT2D eigenvalue weighted by Gasteiger charge is 2.19. The standard InChI is InChI=1S/C12H22N4O/c1-5-7-16(8-6-2)12(17)11-13-10(9(3)4)14-15-11/h9H,5-8H2,1-4H3,(H,13,14,15). The van der Waals surface area contributed by atoms with Crippen molar-refractivity contribution >= 4 is 5.91 Å². The minimum atomic E-state index is -0.0724.